The molecule has 198 valence electrons. The van der Waals surface area contributed by atoms with Gasteiger partial charge >= 0.3 is 5.97 Å². The van der Waals surface area contributed by atoms with E-state index < -0.39 is 5.97 Å². The van der Waals surface area contributed by atoms with Gasteiger partial charge in [-0.2, -0.15) is 0 Å². The number of carbonyl (C=O) groups excluding carboxylic acids is 2. The monoisotopic (exact) mass is 521 g/mol. The first-order valence-corrected chi connectivity index (χ1v) is 14.2. The number of esters is 1. The lowest BCUT2D eigenvalue weighted by Gasteiger charge is -2.44. The molecule has 1 heterocycles. The molecule has 2 aliphatic rings. The van der Waals surface area contributed by atoms with E-state index in [2.05, 4.69) is 51.7 Å². The van der Waals surface area contributed by atoms with Gasteiger partial charge in [0.15, 0.2) is 0 Å². The first-order valence-electron chi connectivity index (χ1n) is 13.4. The van der Waals surface area contributed by atoms with E-state index in [9.17, 15) is 9.59 Å². The minimum absolute atomic E-state index is 0.00550. The van der Waals surface area contributed by atoms with Crippen molar-refractivity contribution in [3.8, 4) is 11.8 Å². The highest BCUT2D eigenvalue weighted by Gasteiger charge is 2.42. The lowest BCUT2D eigenvalue weighted by atomic mass is 9.80. The number of amides is 1. The minimum atomic E-state index is -0.421. The second-order valence-corrected chi connectivity index (χ2v) is 12.6. The van der Waals surface area contributed by atoms with Crippen molar-refractivity contribution >= 4 is 28.9 Å². The Morgan fingerprint density at radius 2 is 1.76 bits per heavy atom. The van der Waals surface area contributed by atoms with Gasteiger partial charge in [0.1, 0.15) is 4.88 Å². The Labute approximate surface area is 225 Å². The van der Waals surface area contributed by atoms with Crippen molar-refractivity contribution in [3.05, 3.63) is 51.7 Å². The van der Waals surface area contributed by atoms with Crippen molar-refractivity contribution in [2.45, 2.75) is 85.0 Å². The van der Waals surface area contributed by atoms with Gasteiger partial charge in [0.05, 0.1) is 30.4 Å². The first kappa shape index (κ1) is 27.4. The van der Waals surface area contributed by atoms with Crippen molar-refractivity contribution in [1.29, 1.82) is 0 Å². The summed E-state index contributed by atoms with van der Waals surface area (Å²) in [4.78, 5) is 30.0. The van der Waals surface area contributed by atoms with Crippen LogP contribution in [0.3, 0.4) is 0 Å². The Morgan fingerprint density at radius 3 is 2.38 bits per heavy atom. The van der Waals surface area contributed by atoms with Gasteiger partial charge in [0.25, 0.3) is 0 Å². The third-order valence-corrected chi connectivity index (χ3v) is 8.29. The van der Waals surface area contributed by atoms with E-state index >= 15 is 0 Å². The molecule has 4 rings (SSSR count). The predicted octanol–water partition coefficient (Wildman–Crippen LogP) is 6.84. The quantitative estimate of drug-likeness (QED) is 0.296. The van der Waals surface area contributed by atoms with E-state index in [1.54, 1.807) is 0 Å². The number of nitrogens with zero attached hydrogens (tertiary/aromatic N) is 1. The van der Waals surface area contributed by atoms with Crippen molar-refractivity contribution in [2.24, 2.45) is 17.3 Å². The Kier molecular flexibility index (Phi) is 8.77. The van der Waals surface area contributed by atoms with Gasteiger partial charge < -0.3 is 14.4 Å². The van der Waals surface area contributed by atoms with Crippen molar-refractivity contribution < 1.29 is 19.1 Å². The SMILES string of the molecule is COC(=O)c1sc(C#CC(C)(C)C)cc1N(C(=O)[C@H]1CC[C@H](C)CC1)[C@H]1C[C@H](OCc2ccccc2)C1. The van der Waals surface area contributed by atoms with E-state index in [0.29, 0.717) is 23.1 Å². The topological polar surface area (TPSA) is 55.8 Å². The zero-order valence-electron chi connectivity index (χ0n) is 22.7. The second-order valence-electron chi connectivity index (χ2n) is 11.5. The largest absolute Gasteiger partial charge is 0.465 e. The van der Waals surface area contributed by atoms with Crippen LogP contribution in [0.1, 0.15) is 86.3 Å². The number of hydrogen-bond donors (Lipinski definition) is 0. The maximum absolute atomic E-state index is 14.0. The van der Waals surface area contributed by atoms with Crippen LogP contribution in [0.5, 0.6) is 0 Å². The molecule has 0 saturated heterocycles. The molecule has 0 bridgehead atoms. The van der Waals surface area contributed by atoms with E-state index in [4.69, 9.17) is 9.47 Å². The number of ether oxygens (including phenoxy) is 2. The highest BCUT2D eigenvalue weighted by atomic mass is 32.1. The Bertz CT molecular complexity index is 1140. The molecule has 0 radical (unpaired) electrons. The Hall–Kier alpha value is -2.62. The van der Waals surface area contributed by atoms with Crippen LogP contribution in [0, 0.1) is 29.1 Å². The fourth-order valence-corrected chi connectivity index (χ4v) is 5.90. The van der Waals surface area contributed by atoms with Crippen molar-refractivity contribution in [2.75, 3.05) is 12.0 Å². The lowest BCUT2D eigenvalue weighted by Crippen LogP contribution is -2.53. The molecule has 2 fully saturated rings. The molecule has 2 saturated carbocycles. The molecule has 1 aromatic carbocycles. The van der Waals surface area contributed by atoms with E-state index in [0.717, 1.165) is 49.0 Å². The third kappa shape index (κ3) is 7.03. The number of benzene rings is 1. The molecule has 0 N–H and O–H groups in total. The summed E-state index contributed by atoms with van der Waals surface area (Å²) in [6.07, 6.45) is 5.51. The number of rotatable bonds is 7. The van der Waals surface area contributed by atoms with Crippen molar-refractivity contribution in [3.63, 3.8) is 0 Å². The zero-order chi connectivity index (χ0) is 26.6. The summed E-state index contributed by atoms with van der Waals surface area (Å²) in [5, 5.41) is 0. The third-order valence-electron chi connectivity index (χ3n) is 7.27. The molecular weight excluding hydrogens is 482 g/mol. The summed E-state index contributed by atoms with van der Waals surface area (Å²) in [5.74, 6) is 6.81. The van der Waals surface area contributed by atoms with Gasteiger partial charge in [-0.15, -0.1) is 11.3 Å². The van der Waals surface area contributed by atoms with Gasteiger partial charge in [-0.3, -0.25) is 4.79 Å². The normalized spacial score (nSPS) is 23.4. The molecule has 1 aromatic heterocycles. The number of hydrogen-bond acceptors (Lipinski definition) is 5. The standard InChI is InChI=1S/C31H39NO4S/c1-21-11-13-23(14-12-21)29(33)32(24-17-25(18-24)36-20-22-9-7-6-8-10-22)27-19-26(15-16-31(2,3)4)37-28(27)30(34)35-5/h6-10,19,21,23-25H,11-14,17-18,20H2,1-5H3/t21-,23-,24-,25-. The highest BCUT2D eigenvalue weighted by Crippen LogP contribution is 2.41. The second kappa shape index (κ2) is 11.8. The number of carbonyl (C=O) groups is 2. The molecular formula is C31H39NO4S. The first-order chi connectivity index (χ1) is 17.6. The average molecular weight is 522 g/mol. The lowest BCUT2D eigenvalue weighted by molar-refractivity contribution is -0.125. The van der Waals surface area contributed by atoms with Crippen LogP contribution in [0.2, 0.25) is 0 Å². The predicted molar refractivity (Wildman–Crippen MR) is 149 cm³/mol. The summed E-state index contributed by atoms with van der Waals surface area (Å²) in [7, 11) is 1.39. The van der Waals surface area contributed by atoms with Crippen LogP contribution >= 0.6 is 11.3 Å². The van der Waals surface area contributed by atoms with Crippen LogP contribution in [0.25, 0.3) is 0 Å². The molecule has 1 amide bonds. The van der Waals surface area contributed by atoms with E-state index in [1.807, 2.05) is 29.2 Å². The van der Waals surface area contributed by atoms with Crippen LogP contribution in [-0.4, -0.2) is 31.1 Å². The molecule has 37 heavy (non-hydrogen) atoms. The van der Waals surface area contributed by atoms with Crippen LogP contribution < -0.4 is 4.90 Å². The number of anilines is 1. The molecule has 0 atom stereocenters. The molecule has 0 unspecified atom stereocenters. The average Bonchev–Trinajstić information content (AvgIpc) is 3.27. The summed E-state index contributed by atoms with van der Waals surface area (Å²) in [5.41, 5.74) is 1.62. The van der Waals surface area contributed by atoms with Gasteiger partial charge in [-0.05, 0) is 76.8 Å². The summed E-state index contributed by atoms with van der Waals surface area (Å²) < 4.78 is 11.3. The van der Waals surface area contributed by atoms with Crippen molar-refractivity contribution in [1.82, 2.24) is 0 Å². The zero-order valence-corrected chi connectivity index (χ0v) is 23.5. The highest BCUT2D eigenvalue weighted by molar-refractivity contribution is 7.15. The fourth-order valence-electron chi connectivity index (χ4n) is 4.98. The van der Waals surface area contributed by atoms with Gasteiger partial charge in [0, 0.05) is 17.4 Å². The summed E-state index contributed by atoms with van der Waals surface area (Å²) in [6, 6.07) is 12.1. The maximum Gasteiger partial charge on any atom is 0.350 e. The van der Waals surface area contributed by atoms with E-state index in [1.165, 1.54) is 18.4 Å². The van der Waals surface area contributed by atoms with Gasteiger partial charge in [-0.25, -0.2) is 4.79 Å². The van der Waals surface area contributed by atoms with Gasteiger partial charge in [-0.1, -0.05) is 49.1 Å². The van der Waals surface area contributed by atoms with E-state index in [-0.39, 0.29) is 29.4 Å². The fraction of sp³-hybridized carbons (Fsp3) is 0.548. The maximum atomic E-state index is 14.0. The number of thiophene rings is 1. The summed E-state index contributed by atoms with van der Waals surface area (Å²) >= 11 is 1.31. The molecule has 6 heteroatoms. The van der Waals surface area contributed by atoms with Crippen LogP contribution in [-0.2, 0) is 20.9 Å². The Morgan fingerprint density at radius 1 is 1.08 bits per heavy atom. The molecule has 0 spiro atoms. The number of methoxy groups -OCH3 is 1. The molecule has 5 nitrogen and oxygen atoms in total. The van der Waals surface area contributed by atoms with Crippen LogP contribution in [0.4, 0.5) is 5.69 Å². The Balaban J connectivity index is 1.59. The smallest absolute Gasteiger partial charge is 0.350 e. The molecule has 2 aromatic rings. The van der Waals surface area contributed by atoms with Gasteiger partial charge in [0.2, 0.25) is 5.91 Å². The molecule has 2 aliphatic carbocycles. The molecule has 0 aliphatic heterocycles. The minimum Gasteiger partial charge on any atom is -0.465 e. The summed E-state index contributed by atoms with van der Waals surface area (Å²) in [6.45, 7) is 8.98. The van der Waals surface area contributed by atoms with Crippen LogP contribution in [0.15, 0.2) is 36.4 Å².